The molecule has 0 aliphatic rings. The smallest absolute Gasteiger partial charge is 0.254 e. The van der Waals surface area contributed by atoms with E-state index in [2.05, 4.69) is 20.8 Å². The van der Waals surface area contributed by atoms with E-state index in [1.165, 1.54) is 34.5 Å². The van der Waals surface area contributed by atoms with Gasteiger partial charge in [-0.25, -0.2) is 4.39 Å². The molecule has 24 heavy (non-hydrogen) atoms. The van der Waals surface area contributed by atoms with Gasteiger partial charge in [-0.15, -0.1) is 16.4 Å². The Morgan fingerprint density at radius 1 is 1.29 bits per heavy atom. The van der Waals surface area contributed by atoms with Gasteiger partial charge in [-0.1, -0.05) is 12.1 Å². The zero-order valence-corrected chi connectivity index (χ0v) is 14.1. The summed E-state index contributed by atoms with van der Waals surface area (Å²) >= 11 is 1.48. The number of carbonyl (C=O) groups excluding carboxylic acids is 1. The van der Waals surface area contributed by atoms with Crippen LogP contribution >= 0.6 is 11.3 Å². The van der Waals surface area contributed by atoms with E-state index in [9.17, 15) is 9.18 Å². The number of benzene rings is 1. The second-order valence-corrected chi connectivity index (χ2v) is 6.55. The fraction of sp³-hybridized carbons (Fsp3) is 0.250. The van der Waals surface area contributed by atoms with Crippen molar-refractivity contribution in [2.24, 2.45) is 0 Å². The molecule has 3 aromatic rings. The van der Waals surface area contributed by atoms with E-state index in [-0.39, 0.29) is 11.7 Å². The summed E-state index contributed by atoms with van der Waals surface area (Å²) < 4.78 is 14.4. The van der Waals surface area contributed by atoms with Crippen LogP contribution in [-0.4, -0.2) is 32.7 Å². The molecule has 1 aromatic carbocycles. The molecule has 0 radical (unpaired) electrons. The SMILES string of the molecule is Cc1sc(-n2cnnn2)c(C(=O)NCCc2ccc(F)cc2)c1C. The van der Waals surface area contributed by atoms with Crippen LogP contribution in [0.25, 0.3) is 5.00 Å². The van der Waals surface area contributed by atoms with Gasteiger partial charge in [0.15, 0.2) is 0 Å². The van der Waals surface area contributed by atoms with Gasteiger partial charge in [0.2, 0.25) is 0 Å². The molecule has 0 fully saturated rings. The summed E-state index contributed by atoms with van der Waals surface area (Å²) in [4.78, 5) is 13.6. The third kappa shape index (κ3) is 3.33. The number of nitrogens with one attached hydrogen (secondary N) is 1. The topological polar surface area (TPSA) is 72.7 Å². The second kappa shape index (κ2) is 6.88. The van der Waals surface area contributed by atoms with Crippen molar-refractivity contribution in [2.75, 3.05) is 6.54 Å². The average molecular weight is 345 g/mol. The molecule has 1 N–H and O–H groups in total. The quantitative estimate of drug-likeness (QED) is 0.771. The first-order valence-electron chi connectivity index (χ1n) is 7.42. The van der Waals surface area contributed by atoms with Crippen LogP contribution in [0.15, 0.2) is 30.6 Å². The number of rotatable bonds is 5. The van der Waals surface area contributed by atoms with Gasteiger partial charge in [-0.05, 0) is 54.0 Å². The second-order valence-electron chi connectivity index (χ2n) is 5.35. The number of tetrazole rings is 1. The minimum atomic E-state index is -0.266. The Bertz CT molecular complexity index is 842. The Hall–Kier alpha value is -2.61. The van der Waals surface area contributed by atoms with Gasteiger partial charge >= 0.3 is 0 Å². The van der Waals surface area contributed by atoms with Gasteiger partial charge < -0.3 is 5.32 Å². The standard InChI is InChI=1S/C16H16FN5OS/c1-10-11(2)24-16(22-9-19-20-21-22)14(10)15(23)18-8-7-12-3-5-13(17)6-4-12/h3-6,9H,7-8H2,1-2H3,(H,18,23). The van der Waals surface area contributed by atoms with E-state index in [4.69, 9.17) is 0 Å². The first kappa shape index (κ1) is 16.3. The molecular weight excluding hydrogens is 329 g/mol. The molecule has 2 aromatic heterocycles. The number of thiophene rings is 1. The summed E-state index contributed by atoms with van der Waals surface area (Å²) in [7, 11) is 0. The number of hydrogen-bond donors (Lipinski definition) is 1. The van der Waals surface area contributed by atoms with Crippen LogP contribution in [0.4, 0.5) is 4.39 Å². The summed E-state index contributed by atoms with van der Waals surface area (Å²) in [6, 6.07) is 6.26. The number of aryl methyl sites for hydroxylation is 1. The molecule has 8 heteroatoms. The molecule has 0 saturated carbocycles. The minimum absolute atomic E-state index is 0.163. The third-order valence-corrected chi connectivity index (χ3v) is 4.96. The lowest BCUT2D eigenvalue weighted by Crippen LogP contribution is -2.27. The van der Waals surface area contributed by atoms with Crippen molar-refractivity contribution in [1.82, 2.24) is 25.5 Å². The molecule has 0 spiro atoms. The predicted octanol–water partition coefficient (Wildman–Crippen LogP) is 2.45. The largest absolute Gasteiger partial charge is 0.352 e. The zero-order valence-electron chi connectivity index (χ0n) is 13.3. The third-order valence-electron chi connectivity index (χ3n) is 3.76. The van der Waals surface area contributed by atoms with Crippen LogP contribution in [0.3, 0.4) is 0 Å². The highest BCUT2D eigenvalue weighted by molar-refractivity contribution is 7.15. The highest BCUT2D eigenvalue weighted by atomic mass is 32.1. The van der Waals surface area contributed by atoms with Crippen LogP contribution in [0.5, 0.6) is 0 Å². The Balaban J connectivity index is 1.72. The Morgan fingerprint density at radius 2 is 2.04 bits per heavy atom. The molecule has 3 rings (SSSR count). The van der Waals surface area contributed by atoms with E-state index in [1.807, 2.05) is 13.8 Å². The van der Waals surface area contributed by atoms with Gasteiger partial charge in [0.1, 0.15) is 17.1 Å². The number of halogens is 1. The molecule has 0 bridgehead atoms. The molecule has 0 unspecified atom stereocenters. The number of hydrogen-bond acceptors (Lipinski definition) is 5. The van der Waals surface area contributed by atoms with Crippen LogP contribution in [0, 0.1) is 19.7 Å². The molecular formula is C16H16FN5OS. The van der Waals surface area contributed by atoms with Gasteiger partial charge in [0.05, 0.1) is 5.56 Å². The zero-order chi connectivity index (χ0) is 17.1. The maximum absolute atomic E-state index is 12.9. The van der Waals surface area contributed by atoms with Crippen molar-refractivity contribution >= 4 is 17.2 Å². The number of aromatic nitrogens is 4. The first-order valence-corrected chi connectivity index (χ1v) is 8.24. The monoisotopic (exact) mass is 345 g/mol. The van der Waals surface area contributed by atoms with E-state index < -0.39 is 0 Å². The Kier molecular flexibility index (Phi) is 4.66. The van der Waals surface area contributed by atoms with Gasteiger partial charge in [-0.3, -0.25) is 4.79 Å². The molecule has 0 atom stereocenters. The molecule has 1 amide bonds. The van der Waals surface area contributed by atoms with Crippen LogP contribution in [0.1, 0.15) is 26.4 Å². The van der Waals surface area contributed by atoms with E-state index in [0.29, 0.717) is 23.5 Å². The van der Waals surface area contributed by atoms with Crippen LogP contribution in [0.2, 0.25) is 0 Å². The molecule has 0 aliphatic heterocycles. The van der Waals surface area contributed by atoms with E-state index >= 15 is 0 Å². The maximum Gasteiger partial charge on any atom is 0.254 e. The maximum atomic E-state index is 12.9. The first-order chi connectivity index (χ1) is 11.6. The average Bonchev–Trinajstić information content (AvgIpc) is 3.18. The minimum Gasteiger partial charge on any atom is -0.352 e. The summed E-state index contributed by atoms with van der Waals surface area (Å²) in [5.74, 6) is -0.428. The summed E-state index contributed by atoms with van der Waals surface area (Å²) in [5, 5.41) is 14.7. The number of nitrogens with zero attached hydrogens (tertiary/aromatic N) is 4. The molecule has 0 aliphatic carbocycles. The summed E-state index contributed by atoms with van der Waals surface area (Å²) in [6.45, 7) is 4.34. The number of amides is 1. The van der Waals surface area contributed by atoms with Gasteiger partial charge in [0, 0.05) is 11.4 Å². The fourth-order valence-corrected chi connectivity index (χ4v) is 3.42. The van der Waals surface area contributed by atoms with Gasteiger partial charge in [0.25, 0.3) is 5.91 Å². The van der Waals surface area contributed by atoms with Crippen molar-refractivity contribution in [3.05, 3.63) is 58.0 Å². The van der Waals surface area contributed by atoms with Crippen molar-refractivity contribution < 1.29 is 9.18 Å². The van der Waals surface area contributed by atoms with Crippen LogP contribution in [-0.2, 0) is 6.42 Å². The normalized spacial score (nSPS) is 10.8. The highest BCUT2D eigenvalue weighted by Crippen LogP contribution is 2.29. The van der Waals surface area contributed by atoms with E-state index in [0.717, 1.165) is 16.0 Å². The lowest BCUT2D eigenvalue weighted by Gasteiger charge is -2.07. The number of carbonyl (C=O) groups is 1. The highest BCUT2D eigenvalue weighted by Gasteiger charge is 2.21. The van der Waals surface area contributed by atoms with Crippen LogP contribution < -0.4 is 5.32 Å². The van der Waals surface area contributed by atoms with Crippen molar-refractivity contribution in [2.45, 2.75) is 20.3 Å². The fourth-order valence-electron chi connectivity index (χ4n) is 2.35. The summed E-state index contributed by atoms with van der Waals surface area (Å²) in [6.07, 6.45) is 2.11. The predicted molar refractivity (Wildman–Crippen MR) is 88.9 cm³/mol. The summed E-state index contributed by atoms with van der Waals surface area (Å²) in [5.41, 5.74) is 2.48. The molecule has 6 nitrogen and oxygen atoms in total. The van der Waals surface area contributed by atoms with Crippen molar-refractivity contribution in [1.29, 1.82) is 0 Å². The lowest BCUT2D eigenvalue weighted by molar-refractivity contribution is 0.0954. The molecule has 2 heterocycles. The Morgan fingerprint density at radius 3 is 2.71 bits per heavy atom. The lowest BCUT2D eigenvalue weighted by atomic mass is 10.1. The van der Waals surface area contributed by atoms with Gasteiger partial charge in [-0.2, -0.15) is 4.68 Å². The van der Waals surface area contributed by atoms with Crippen molar-refractivity contribution in [3.63, 3.8) is 0 Å². The van der Waals surface area contributed by atoms with Crippen molar-refractivity contribution in [3.8, 4) is 5.00 Å². The van der Waals surface area contributed by atoms with E-state index in [1.54, 1.807) is 12.1 Å². The molecule has 0 saturated heterocycles. The molecule has 124 valence electrons. The Labute approximate surface area is 142 Å².